The van der Waals surface area contributed by atoms with E-state index in [0.29, 0.717) is 35.4 Å². The van der Waals surface area contributed by atoms with Gasteiger partial charge in [-0.3, -0.25) is 30.6 Å². The van der Waals surface area contributed by atoms with Crippen LogP contribution in [0.3, 0.4) is 0 Å². The summed E-state index contributed by atoms with van der Waals surface area (Å²) < 4.78 is 5.72. The molecule has 0 unspecified atom stereocenters. The molecule has 0 bridgehead atoms. The van der Waals surface area contributed by atoms with Crippen LogP contribution in [0.15, 0.2) is 33.8 Å². The van der Waals surface area contributed by atoms with E-state index < -0.39 is 16.7 Å². The number of hydrogen-bond donors (Lipinski definition) is 3. The van der Waals surface area contributed by atoms with Crippen molar-refractivity contribution in [2.24, 2.45) is 10.6 Å². The Kier molecular flexibility index (Phi) is 5.10. The molecule has 1 heterocycles. The third kappa shape index (κ3) is 3.96. The second-order valence-corrected chi connectivity index (χ2v) is 7.63. The molecule has 0 aliphatic heterocycles. The van der Waals surface area contributed by atoms with E-state index in [9.17, 15) is 24.9 Å². The van der Waals surface area contributed by atoms with Crippen LogP contribution in [-0.4, -0.2) is 27.7 Å². The zero-order chi connectivity index (χ0) is 21.3. The van der Waals surface area contributed by atoms with Gasteiger partial charge < -0.3 is 9.62 Å². The Bertz CT molecular complexity index is 1020. The van der Waals surface area contributed by atoms with Gasteiger partial charge in [0.25, 0.3) is 11.6 Å². The number of hydrogen-bond acceptors (Lipinski definition) is 7. The first-order valence-electron chi connectivity index (χ1n) is 8.81. The van der Waals surface area contributed by atoms with Gasteiger partial charge in [-0.05, 0) is 30.9 Å². The topological polar surface area (TPSA) is 147 Å². The molecule has 3 rings (SSSR count). The highest BCUT2D eigenvalue weighted by Gasteiger charge is 2.36. The smallest absolute Gasteiger partial charge is 0.305 e. The molecule has 152 valence electrons. The molecule has 1 aliphatic carbocycles. The van der Waals surface area contributed by atoms with Gasteiger partial charge in [0.2, 0.25) is 0 Å². The lowest BCUT2D eigenvalue weighted by Crippen LogP contribution is -2.41. The summed E-state index contributed by atoms with van der Waals surface area (Å²) in [6, 6.07) is 4.95. The Hall–Kier alpha value is -3.69. The monoisotopic (exact) mass is 400 g/mol. The van der Waals surface area contributed by atoms with Crippen molar-refractivity contribution >= 4 is 23.2 Å². The van der Waals surface area contributed by atoms with Gasteiger partial charge >= 0.3 is 5.91 Å². The van der Waals surface area contributed by atoms with E-state index in [1.165, 1.54) is 24.3 Å². The molecule has 0 radical (unpaired) electrons. The van der Waals surface area contributed by atoms with Crippen molar-refractivity contribution in [3.05, 3.63) is 62.6 Å². The summed E-state index contributed by atoms with van der Waals surface area (Å²) in [6.45, 7) is 5.69. The average Bonchev–Trinajstić information content (AvgIpc) is 3.00. The first kappa shape index (κ1) is 20.1. The quantitative estimate of drug-likeness (QED) is 0.410. The molecular weight excluding hydrogens is 380 g/mol. The second-order valence-electron chi connectivity index (χ2n) is 7.63. The maximum absolute atomic E-state index is 12.5. The number of furan rings is 1. The maximum atomic E-state index is 12.5. The third-order valence-electron chi connectivity index (χ3n) is 4.75. The SMILES string of the molecule is Cc1c(C(=O)NNC(=O)c2ccc([N+](=O)[O-])cc2)oc2c1/C(=N\O)CC(C)(C)C2. The zero-order valence-corrected chi connectivity index (χ0v) is 16.1. The number of nitro benzene ring substituents is 1. The highest BCUT2D eigenvalue weighted by Crippen LogP contribution is 2.38. The number of carbonyl (C=O) groups excluding carboxylic acids is 2. The maximum Gasteiger partial charge on any atom is 0.305 e. The number of amides is 2. The van der Waals surface area contributed by atoms with Crippen LogP contribution >= 0.6 is 0 Å². The third-order valence-corrected chi connectivity index (χ3v) is 4.75. The number of rotatable bonds is 3. The lowest BCUT2D eigenvalue weighted by Gasteiger charge is -2.28. The summed E-state index contributed by atoms with van der Waals surface area (Å²) in [4.78, 5) is 34.7. The van der Waals surface area contributed by atoms with Crippen LogP contribution in [0.2, 0.25) is 0 Å². The fourth-order valence-electron chi connectivity index (χ4n) is 3.39. The second kappa shape index (κ2) is 7.38. The van der Waals surface area contributed by atoms with Crippen LogP contribution in [0.1, 0.15) is 58.1 Å². The van der Waals surface area contributed by atoms with E-state index in [-0.39, 0.29) is 22.4 Å². The summed E-state index contributed by atoms with van der Waals surface area (Å²) in [5.41, 5.74) is 5.91. The first-order valence-corrected chi connectivity index (χ1v) is 8.81. The van der Waals surface area contributed by atoms with E-state index in [1.807, 2.05) is 13.8 Å². The van der Waals surface area contributed by atoms with Crippen LogP contribution < -0.4 is 10.9 Å². The Morgan fingerprint density at radius 2 is 1.79 bits per heavy atom. The zero-order valence-electron chi connectivity index (χ0n) is 16.1. The van der Waals surface area contributed by atoms with Gasteiger partial charge in [-0.2, -0.15) is 0 Å². The highest BCUT2D eigenvalue weighted by atomic mass is 16.6. The largest absolute Gasteiger partial charge is 0.455 e. The van der Waals surface area contributed by atoms with Crippen LogP contribution in [-0.2, 0) is 6.42 Å². The van der Waals surface area contributed by atoms with E-state index in [0.717, 1.165) is 0 Å². The van der Waals surface area contributed by atoms with Crippen molar-refractivity contribution in [2.75, 3.05) is 0 Å². The standard InChI is InChI=1S/C19H20N4O6/c1-10-15-13(22-26)8-19(2,3)9-14(15)29-16(10)18(25)21-20-17(24)11-4-6-12(7-5-11)23(27)28/h4-7,26H,8-9H2,1-3H3,(H,20,24)(H,21,25)/b22-13-. The number of nitrogens with zero attached hydrogens (tertiary/aromatic N) is 2. The number of carbonyl (C=O) groups is 2. The molecule has 2 amide bonds. The van der Waals surface area contributed by atoms with Crippen LogP contribution in [0, 0.1) is 22.5 Å². The first-order chi connectivity index (χ1) is 13.6. The molecule has 3 N–H and O–H groups in total. The normalized spacial score (nSPS) is 16.2. The van der Waals surface area contributed by atoms with Gasteiger partial charge in [0, 0.05) is 35.2 Å². The van der Waals surface area contributed by atoms with E-state index in [4.69, 9.17) is 4.42 Å². The van der Waals surface area contributed by atoms with Gasteiger partial charge in [-0.15, -0.1) is 0 Å². The average molecular weight is 400 g/mol. The number of non-ortho nitro benzene ring substituents is 1. The van der Waals surface area contributed by atoms with E-state index in [2.05, 4.69) is 16.0 Å². The minimum absolute atomic E-state index is 0.0119. The summed E-state index contributed by atoms with van der Waals surface area (Å²) in [7, 11) is 0. The molecule has 0 spiro atoms. The minimum Gasteiger partial charge on any atom is -0.455 e. The molecule has 29 heavy (non-hydrogen) atoms. The number of oxime groups is 1. The molecule has 2 aromatic rings. The summed E-state index contributed by atoms with van der Waals surface area (Å²) in [6.07, 6.45) is 1.11. The van der Waals surface area contributed by atoms with Crippen molar-refractivity contribution in [3.63, 3.8) is 0 Å². The van der Waals surface area contributed by atoms with Gasteiger partial charge in [-0.1, -0.05) is 19.0 Å². The van der Waals surface area contributed by atoms with Crippen molar-refractivity contribution in [1.29, 1.82) is 0 Å². The van der Waals surface area contributed by atoms with Crippen LogP contribution in [0.5, 0.6) is 0 Å². The van der Waals surface area contributed by atoms with Crippen LogP contribution in [0.4, 0.5) is 5.69 Å². The van der Waals surface area contributed by atoms with Crippen molar-refractivity contribution in [1.82, 2.24) is 10.9 Å². The number of fused-ring (bicyclic) bond motifs is 1. The van der Waals surface area contributed by atoms with Crippen LogP contribution in [0.25, 0.3) is 0 Å². The summed E-state index contributed by atoms with van der Waals surface area (Å²) in [5, 5.41) is 23.4. The van der Waals surface area contributed by atoms with E-state index >= 15 is 0 Å². The Balaban J connectivity index is 1.74. The van der Waals surface area contributed by atoms with Gasteiger partial charge in [-0.25, -0.2) is 0 Å². The molecule has 0 fully saturated rings. The highest BCUT2D eigenvalue weighted by molar-refractivity contribution is 6.07. The number of benzene rings is 1. The Labute approximate surface area is 165 Å². The Morgan fingerprint density at radius 1 is 1.17 bits per heavy atom. The number of nitrogens with one attached hydrogen (secondary N) is 2. The molecule has 1 aromatic heterocycles. The fourth-order valence-corrected chi connectivity index (χ4v) is 3.39. The molecule has 1 aliphatic rings. The molecular formula is C19H20N4O6. The molecule has 10 nitrogen and oxygen atoms in total. The molecule has 0 atom stereocenters. The molecule has 0 saturated carbocycles. The predicted octanol–water partition coefficient (Wildman–Crippen LogP) is 2.72. The fraction of sp³-hybridized carbons (Fsp3) is 0.316. The molecule has 1 aromatic carbocycles. The lowest BCUT2D eigenvalue weighted by molar-refractivity contribution is -0.384. The van der Waals surface area contributed by atoms with Crippen molar-refractivity contribution in [3.8, 4) is 0 Å². The number of nitro groups is 1. The molecule has 0 saturated heterocycles. The molecule has 10 heteroatoms. The van der Waals surface area contributed by atoms with Gasteiger partial charge in [0.1, 0.15) is 5.76 Å². The van der Waals surface area contributed by atoms with Crippen molar-refractivity contribution in [2.45, 2.75) is 33.6 Å². The van der Waals surface area contributed by atoms with Crippen molar-refractivity contribution < 1.29 is 24.1 Å². The summed E-state index contributed by atoms with van der Waals surface area (Å²) >= 11 is 0. The van der Waals surface area contributed by atoms with Gasteiger partial charge in [0.15, 0.2) is 5.76 Å². The predicted molar refractivity (Wildman–Crippen MR) is 102 cm³/mol. The number of hydrazine groups is 1. The minimum atomic E-state index is -0.665. The summed E-state index contributed by atoms with van der Waals surface area (Å²) in [5.74, 6) is -0.737. The van der Waals surface area contributed by atoms with Gasteiger partial charge in [0.05, 0.1) is 10.6 Å². The lowest BCUT2D eigenvalue weighted by atomic mass is 9.75. The van der Waals surface area contributed by atoms with E-state index in [1.54, 1.807) is 6.92 Å². The Morgan fingerprint density at radius 3 is 2.38 bits per heavy atom.